The van der Waals surface area contributed by atoms with Gasteiger partial charge in [0, 0.05) is 5.69 Å². The summed E-state index contributed by atoms with van der Waals surface area (Å²) in [5, 5.41) is 6.84. The fourth-order valence-corrected chi connectivity index (χ4v) is 3.65. The summed E-state index contributed by atoms with van der Waals surface area (Å²) >= 11 is 13.1. The molecule has 0 bridgehead atoms. The molecular formula is C18H14Cl2FN3OS. The second-order valence-corrected chi connectivity index (χ2v) is 7.39. The number of carbonyl (C=O) groups excluding carboxylic acids is 1. The molecule has 0 aliphatic carbocycles. The predicted octanol–water partition coefficient (Wildman–Crippen LogP) is 6.20. The van der Waals surface area contributed by atoms with E-state index < -0.39 is 5.82 Å². The fraction of sp³-hybridized carbons (Fsp3) is 0.111. The lowest BCUT2D eigenvalue weighted by Gasteiger charge is -2.09. The maximum atomic E-state index is 13.2. The van der Waals surface area contributed by atoms with Crippen LogP contribution in [0.1, 0.15) is 20.9 Å². The number of para-hydroxylation sites is 1. The van der Waals surface area contributed by atoms with Gasteiger partial charge in [-0.2, -0.15) is 0 Å². The molecule has 3 aromatic rings. The lowest BCUT2D eigenvalue weighted by Crippen LogP contribution is -2.12. The van der Waals surface area contributed by atoms with E-state index in [0.717, 1.165) is 5.56 Å². The molecule has 0 fully saturated rings. The second-order valence-electron chi connectivity index (χ2n) is 5.57. The van der Waals surface area contributed by atoms with E-state index in [4.69, 9.17) is 23.2 Å². The zero-order chi connectivity index (χ0) is 18.8. The highest BCUT2D eigenvalue weighted by atomic mass is 35.5. The molecule has 8 heteroatoms. The van der Waals surface area contributed by atoms with E-state index in [9.17, 15) is 9.18 Å². The number of hydrogen-bond donors (Lipinski definition) is 2. The molecule has 0 saturated carbocycles. The molecule has 4 nitrogen and oxygen atoms in total. The molecule has 26 heavy (non-hydrogen) atoms. The molecule has 0 unspecified atom stereocenters. The summed E-state index contributed by atoms with van der Waals surface area (Å²) in [6, 6.07) is 9.67. The third-order valence-corrected chi connectivity index (χ3v) is 5.31. The van der Waals surface area contributed by atoms with Gasteiger partial charge in [-0.05, 0) is 43.7 Å². The Kier molecular flexibility index (Phi) is 5.46. The van der Waals surface area contributed by atoms with Crippen LogP contribution in [-0.4, -0.2) is 10.9 Å². The maximum Gasteiger partial charge on any atom is 0.267 e. The quantitative estimate of drug-likeness (QED) is 0.538. The number of amides is 1. The molecule has 0 radical (unpaired) electrons. The largest absolute Gasteiger partial charge is 0.331 e. The summed E-state index contributed by atoms with van der Waals surface area (Å²) in [5.41, 5.74) is 2.60. The smallest absolute Gasteiger partial charge is 0.267 e. The van der Waals surface area contributed by atoms with Crippen molar-refractivity contribution in [2.45, 2.75) is 13.8 Å². The Morgan fingerprint density at radius 1 is 1.15 bits per heavy atom. The summed E-state index contributed by atoms with van der Waals surface area (Å²) in [6.45, 7) is 3.61. The van der Waals surface area contributed by atoms with Crippen LogP contribution in [0.25, 0.3) is 0 Å². The normalized spacial score (nSPS) is 10.7. The van der Waals surface area contributed by atoms with E-state index >= 15 is 0 Å². The monoisotopic (exact) mass is 409 g/mol. The SMILES string of the molecule is Cc1cccc(Cl)c1NC(=O)c1sc(Nc2ccc(F)c(Cl)c2)nc1C. The average molecular weight is 410 g/mol. The lowest BCUT2D eigenvalue weighted by molar-refractivity contribution is 0.102. The number of carbonyl (C=O) groups is 1. The maximum absolute atomic E-state index is 13.2. The summed E-state index contributed by atoms with van der Waals surface area (Å²) in [6.07, 6.45) is 0. The minimum Gasteiger partial charge on any atom is -0.331 e. The van der Waals surface area contributed by atoms with E-state index in [1.165, 1.54) is 23.5 Å². The van der Waals surface area contributed by atoms with Crippen LogP contribution >= 0.6 is 34.5 Å². The van der Waals surface area contributed by atoms with Crippen LogP contribution in [0.5, 0.6) is 0 Å². The third-order valence-electron chi connectivity index (χ3n) is 3.63. The first kappa shape index (κ1) is 18.6. The van der Waals surface area contributed by atoms with Crippen molar-refractivity contribution in [1.82, 2.24) is 4.98 Å². The Balaban J connectivity index is 1.81. The van der Waals surface area contributed by atoms with E-state index in [2.05, 4.69) is 15.6 Å². The number of halogens is 3. The van der Waals surface area contributed by atoms with Gasteiger partial charge in [0.2, 0.25) is 0 Å². The van der Waals surface area contributed by atoms with Crippen LogP contribution in [0.4, 0.5) is 20.9 Å². The molecule has 0 aliphatic rings. The van der Waals surface area contributed by atoms with Crippen molar-refractivity contribution >= 4 is 57.0 Å². The van der Waals surface area contributed by atoms with Crippen molar-refractivity contribution in [2.24, 2.45) is 0 Å². The minimum absolute atomic E-state index is 0.00967. The van der Waals surface area contributed by atoms with Crippen molar-refractivity contribution in [3.8, 4) is 0 Å². The summed E-state index contributed by atoms with van der Waals surface area (Å²) < 4.78 is 13.2. The third kappa shape index (κ3) is 3.98. The van der Waals surface area contributed by atoms with E-state index in [0.29, 0.717) is 32.1 Å². The van der Waals surface area contributed by atoms with Crippen LogP contribution < -0.4 is 10.6 Å². The number of nitrogens with one attached hydrogen (secondary N) is 2. The van der Waals surface area contributed by atoms with E-state index in [-0.39, 0.29) is 10.9 Å². The summed E-state index contributed by atoms with van der Waals surface area (Å²) in [7, 11) is 0. The Morgan fingerprint density at radius 3 is 2.62 bits per heavy atom. The number of aryl methyl sites for hydroxylation is 2. The van der Waals surface area contributed by atoms with E-state index in [1.54, 1.807) is 19.1 Å². The number of thiazole rings is 1. The molecule has 1 heterocycles. The van der Waals surface area contributed by atoms with E-state index in [1.807, 2.05) is 19.1 Å². The Morgan fingerprint density at radius 2 is 1.92 bits per heavy atom. The van der Waals surface area contributed by atoms with Gasteiger partial charge in [-0.25, -0.2) is 9.37 Å². The van der Waals surface area contributed by atoms with Crippen molar-refractivity contribution in [1.29, 1.82) is 0 Å². The number of benzene rings is 2. The van der Waals surface area contributed by atoms with Gasteiger partial charge in [0.05, 0.1) is 21.4 Å². The first-order valence-electron chi connectivity index (χ1n) is 7.61. The number of hydrogen-bond acceptors (Lipinski definition) is 4. The van der Waals surface area contributed by atoms with Crippen molar-refractivity contribution in [3.63, 3.8) is 0 Å². The van der Waals surface area contributed by atoms with Crippen LogP contribution in [0, 0.1) is 19.7 Å². The number of anilines is 3. The molecule has 1 aromatic heterocycles. The van der Waals surface area contributed by atoms with Crippen LogP contribution in [0.15, 0.2) is 36.4 Å². The molecule has 2 N–H and O–H groups in total. The van der Waals surface area contributed by atoms with Gasteiger partial charge in [-0.3, -0.25) is 4.79 Å². The van der Waals surface area contributed by atoms with Gasteiger partial charge >= 0.3 is 0 Å². The Hall–Kier alpha value is -2.15. The molecule has 134 valence electrons. The van der Waals surface area contributed by atoms with Crippen LogP contribution in [-0.2, 0) is 0 Å². The van der Waals surface area contributed by atoms with Gasteiger partial charge in [0.1, 0.15) is 10.7 Å². The zero-order valence-electron chi connectivity index (χ0n) is 13.9. The first-order chi connectivity index (χ1) is 12.3. The van der Waals surface area contributed by atoms with Crippen LogP contribution in [0.2, 0.25) is 10.0 Å². The summed E-state index contributed by atoms with van der Waals surface area (Å²) in [5.74, 6) is -0.788. The summed E-state index contributed by atoms with van der Waals surface area (Å²) in [4.78, 5) is 17.4. The fourth-order valence-electron chi connectivity index (χ4n) is 2.32. The first-order valence-corrected chi connectivity index (χ1v) is 9.18. The Labute approximate surface area is 164 Å². The highest BCUT2D eigenvalue weighted by Gasteiger charge is 2.17. The molecule has 0 atom stereocenters. The number of nitrogens with zero attached hydrogens (tertiary/aromatic N) is 1. The molecule has 0 saturated heterocycles. The molecule has 2 aromatic carbocycles. The standard InChI is InChI=1S/C18H14Cl2FN3OS/c1-9-4-3-5-12(19)15(9)24-17(25)16-10(2)22-18(26-16)23-11-6-7-14(21)13(20)8-11/h3-8H,1-2H3,(H,22,23)(H,24,25). The molecule has 0 aliphatic heterocycles. The lowest BCUT2D eigenvalue weighted by atomic mass is 10.2. The molecule has 3 rings (SSSR count). The number of rotatable bonds is 4. The predicted molar refractivity (Wildman–Crippen MR) is 106 cm³/mol. The van der Waals surface area contributed by atoms with Crippen molar-refractivity contribution in [2.75, 3.05) is 10.6 Å². The molecule has 1 amide bonds. The molecular weight excluding hydrogens is 396 g/mol. The highest BCUT2D eigenvalue weighted by molar-refractivity contribution is 7.17. The highest BCUT2D eigenvalue weighted by Crippen LogP contribution is 2.30. The van der Waals surface area contributed by atoms with Gasteiger partial charge in [0.15, 0.2) is 5.13 Å². The van der Waals surface area contributed by atoms with Gasteiger partial charge in [0.25, 0.3) is 5.91 Å². The van der Waals surface area contributed by atoms with Crippen LogP contribution in [0.3, 0.4) is 0 Å². The van der Waals surface area contributed by atoms with Gasteiger partial charge in [-0.1, -0.05) is 46.7 Å². The minimum atomic E-state index is -0.497. The van der Waals surface area contributed by atoms with Gasteiger partial charge in [-0.15, -0.1) is 0 Å². The zero-order valence-corrected chi connectivity index (χ0v) is 16.2. The second kappa shape index (κ2) is 7.61. The Bertz CT molecular complexity index is 970. The van der Waals surface area contributed by atoms with Gasteiger partial charge < -0.3 is 10.6 Å². The average Bonchev–Trinajstić information content (AvgIpc) is 2.95. The van der Waals surface area contributed by atoms with Crippen molar-refractivity contribution in [3.05, 3.63) is 68.4 Å². The number of aromatic nitrogens is 1. The topological polar surface area (TPSA) is 54.0 Å². The molecule has 0 spiro atoms. The van der Waals surface area contributed by atoms with Crippen molar-refractivity contribution < 1.29 is 9.18 Å².